The van der Waals surface area contributed by atoms with Gasteiger partial charge in [0.05, 0.1) is 16.6 Å². The monoisotopic (exact) mass is 647 g/mol. The van der Waals surface area contributed by atoms with E-state index < -0.39 is 11.9 Å². The number of piperazine rings is 2. The van der Waals surface area contributed by atoms with Gasteiger partial charge in [0, 0.05) is 76.2 Å². The minimum absolute atomic E-state index is 0.0403. The lowest BCUT2D eigenvalue weighted by Crippen LogP contribution is -2.50. The Morgan fingerprint density at radius 3 is 2.47 bits per heavy atom. The minimum Gasteiger partial charge on any atom is -0.385 e. The van der Waals surface area contributed by atoms with Gasteiger partial charge in [-0.2, -0.15) is 0 Å². The molecule has 0 saturated carbocycles. The Morgan fingerprint density at radius 2 is 1.68 bits per heavy atom. The number of rotatable bonds is 7. The molecule has 0 bridgehead atoms. The third-order valence-electron chi connectivity index (χ3n) is 9.74. The van der Waals surface area contributed by atoms with Crippen LogP contribution in [-0.4, -0.2) is 94.4 Å². The van der Waals surface area contributed by atoms with Crippen molar-refractivity contribution >= 4 is 28.4 Å². The average Bonchev–Trinajstić information content (AvgIpc) is 3.50. The maximum atomic E-state index is 14.5. The maximum Gasteiger partial charge on any atom is 0.257 e. The van der Waals surface area contributed by atoms with Crippen molar-refractivity contribution in [3.8, 4) is 0 Å². The van der Waals surface area contributed by atoms with Crippen molar-refractivity contribution in [1.82, 2.24) is 24.5 Å². The molecular weight excluding hydrogens is 608 g/mol. The molecule has 1 atom stereocenters. The number of nitrogens with zero attached hydrogens (tertiary/aromatic N) is 7. The second-order valence-electron chi connectivity index (χ2n) is 12.7. The van der Waals surface area contributed by atoms with Gasteiger partial charge in [-0.15, -0.1) is 0 Å². The lowest BCUT2D eigenvalue weighted by atomic mass is 10.1. The van der Waals surface area contributed by atoms with Crippen molar-refractivity contribution in [2.45, 2.75) is 45.3 Å². The highest BCUT2D eigenvalue weighted by atomic mass is 19.1. The molecular formula is C34H39F2N7O4. The summed E-state index contributed by atoms with van der Waals surface area (Å²) < 4.78 is 35.1. The van der Waals surface area contributed by atoms with Crippen LogP contribution in [0.25, 0.3) is 11.0 Å². The quantitative estimate of drug-likeness (QED) is 0.322. The van der Waals surface area contributed by atoms with E-state index in [4.69, 9.17) is 4.52 Å². The summed E-state index contributed by atoms with van der Waals surface area (Å²) in [4.78, 5) is 39.7. The summed E-state index contributed by atoms with van der Waals surface area (Å²) in [5.74, 6) is 0.235. The van der Waals surface area contributed by atoms with Crippen molar-refractivity contribution in [1.29, 1.82) is 0 Å². The Labute approximate surface area is 271 Å². The first-order chi connectivity index (χ1) is 22.8. The molecule has 3 aliphatic heterocycles. The fraction of sp³-hybridized carbons (Fsp3) is 0.471. The second-order valence-corrected chi connectivity index (χ2v) is 12.7. The van der Waals surface area contributed by atoms with Gasteiger partial charge in [-0.3, -0.25) is 19.1 Å². The van der Waals surface area contributed by atoms with Crippen LogP contribution in [0.5, 0.6) is 0 Å². The zero-order valence-corrected chi connectivity index (χ0v) is 26.5. The molecule has 3 aliphatic rings. The van der Waals surface area contributed by atoms with E-state index in [2.05, 4.69) is 19.9 Å². The Morgan fingerprint density at radius 1 is 0.957 bits per heavy atom. The van der Waals surface area contributed by atoms with Gasteiger partial charge in [0.25, 0.3) is 11.5 Å². The number of hydrogen-bond acceptors (Lipinski definition) is 9. The van der Waals surface area contributed by atoms with Crippen LogP contribution in [0, 0.1) is 18.6 Å². The summed E-state index contributed by atoms with van der Waals surface area (Å²) in [6.45, 7) is 8.04. The molecule has 4 aromatic rings. The highest BCUT2D eigenvalue weighted by Crippen LogP contribution is 2.30. The molecule has 1 amide bonds. The van der Waals surface area contributed by atoms with Crippen LogP contribution in [0.3, 0.4) is 0 Å². The number of anilines is 2. The zero-order valence-electron chi connectivity index (χ0n) is 26.5. The van der Waals surface area contributed by atoms with E-state index in [0.29, 0.717) is 111 Å². The van der Waals surface area contributed by atoms with Crippen molar-refractivity contribution in [3.63, 3.8) is 0 Å². The molecule has 2 fully saturated rings. The molecule has 2 saturated heterocycles. The first kappa shape index (κ1) is 31.3. The molecule has 0 radical (unpaired) electrons. The van der Waals surface area contributed by atoms with Gasteiger partial charge in [-0.1, -0.05) is 5.16 Å². The molecule has 13 heteroatoms. The summed E-state index contributed by atoms with van der Waals surface area (Å²) >= 11 is 0. The predicted molar refractivity (Wildman–Crippen MR) is 173 cm³/mol. The molecule has 5 heterocycles. The summed E-state index contributed by atoms with van der Waals surface area (Å²) in [5.41, 5.74) is 2.82. The SMILES string of the molecule is Cc1nc2n(c(=O)c1CCCN1CCN(C(=O)c3ccc(F)cc3N3CCN(c4noc5cc(F)ccc45)CC3)CC1)CCCC2O. The third-order valence-corrected chi connectivity index (χ3v) is 9.74. The second kappa shape index (κ2) is 13.0. The number of aromatic nitrogens is 3. The largest absolute Gasteiger partial charge is 0.385 e. The van der Waals surface area contributed by atoms with E-state index in [-0.39, 0.29) is 17.3 Å². The van der Waals surface area contributed by atoms with Crippen LogP contribution < -0.4 is 15.4 Å². The van der Waals surface area contributed by atoms with Crippen molar-refractivity contribution < 1.29 is 23.2 Å². The Kier molecular flexibility index (Phi) is 8.67. The molecule has 1 unspecified atom stereocenters. The maximum absolute atomic E-state index is 14.5. The summed E-state index contributed by atoms with van der Waals surface area (Å²) in [7, 11) is 0. The molecule has 0 spiro atoms. The van der Waals surface area contributed by atoms with Crippen molar-refractivity contribution in [2.75, 3.05) is 68.7 Å². The van der Waals surface area contributed by atoms with E-state index in [9.17, 15) is 23.5 Å². The van der Waals surface area contributed by atoms with E-state index >= 15 is 0 Å². The highest BCUT2D eigenvalue weighted by Gasteiger charge is 2.29. The number of aryl methyl sites for hydroxylation is 1. The van der Waals surface area contributed by atoms with Crippen molar-refractivity contribution in [2.24, 2.45) is 0 Å². The standard InChI is InChI=1S/C34H39F2N7O4/c1-22-25(34(46)43-11-3-5-29(44)32(43)37-22)4-2-10-39-12-14-42(15-13-39)33(45)26-8-6-23(35)20-28(26)40-16-18-41(19-17-40)31-27-9-7-24(36)21-30(27)47-38-31/h6-9,20-21,29,44H,2-5,10-19H2,1H3. The fourth-order valence-corrected chi connectivity index (χ4v) is 7.11. The normalized spacial score (nSPS) is 19.0. The van der Waals surface area contributed by atoms with E-state index in [1.54, 1.807) is 16.7 Å². The molecule has 47 heavy (non-hydrogen) atoms. The lowest BCUT2D eigenvalue weighted by Gasteiger charge is -2.38. The van der Waals surface area contributed by atoms with Crippen LogP contribution >= 0.6 is 0 Å². The Balaban J connectivity index is 0.947. The number of hydrogen-bond donors (Lipinski definition) is 1. The molecule has 248 valence electrons. The van der Waals surface area contributed by atoms with Crippen LogP contribution in [-0.2, 0) is 13.0 Å². The lowest BCUT2D eigenvalue weighted by molar-refractivity contribution is 0.0636. The molecule has 2 aromatic carbocycles. The van der Waals surface area contributed by atoms with Gasteiger partial charge in [0.15, 0.2) is 11.4 Å². The summed E-state index contributed by atoms with van der Waals surface area (Å²) in [6.07, 6.45) is 2.13. The van der Waals surface area contributed by atoms with E-state index in [1.807, 2.05) is 16.7 Å². The van der Waals surface area contributed by atoms with Gasteiger partial charge >= 0.3 is 0 Å². The average molecular weight is 648 g/mol. The fourth-order valence-electron chi connectivity index (χ4n) is 7.11. The first-order valence-corrected chi connectivity index (χ1v) is 16.4. The number of carbonyl (C=O) groups excluding carboxylic acids is 1. The Bertz CT molecular complexity index is 1840. The zero-order chi connectivity index (χ0) is 32.7. The number of fused-ring (bicyclic) bond motifs is 2. The third kappa shape index (κ3) is 6.21. The van der Waals surface area contributed by atoms with Gasteiger partial charge in [0.1, 0.15) is 23.6 Å². The van der Waals surface area contributed by atoms with Crippen LogP contribution in [0.1, 0.15) is 52.8 Å². The van der Waals surface area contributed by atoms with E-state index in [1.165, 1.54) is 24.3 Å². The smallest absolute Gasteiger partial charge is 0.257 e. The topological polar surface area (TPSA) is 111 Å². The minimum atomic E-state index is -0.681. The summed E-state index contributed by atoms with van der Waals surface area (Å²) in [6, 6.07) is 8.72. The van der Waals surface area contributed by atoms with Gasteiger partial charge in [-0.05, 0) is 69.5 Å². The summed E-state index contributed by atoms with van der Waals surface area (Å²) in [5, 5.41) is 15.2. The van der Waals surface area contributed by atoms with Crippen LogP contribution in [0.2, 0.25) is 0 Å². The molecule has 1 N–H and O–H groups in total. The number of carbonyl (C=O) groups is 1. The molecule has 7 rings (SSSR count). The number of halogens is 2. The van der Waals surface area contributed by atoms with Crippen molar-refractivity contribution in [3.05, 3.63) is 81.0 Å². The highest BCUT2D eigenvalue weighted by molar-refractivity contribution is 6.00. The molecule has 0 aliphatic carbocycles. The number of benzene rings is 2. The van der Waals surface area contributed by atoms with E-state index in [0.717, 1.165) is 24.8 Å². The first-order valence-electron chi connectivity index (χ1n) is 16.4. The molecule has 11 nitrogen and oxygen atoms in total. The van der Waals surface area contributed by atoms with Crippen LogP contribution in [0.15, 0.2) is 45.7 Å². The Hall–Kier alpha value is -4.36. The number of amides is 1. The van der Waals surface area contributed by atoms with Gasteiger partial charge < -0.3 is 24.3 Å². The van der Waals surface area contributed by atoms with Gasteiger partial charge in [0.2, 0.25) is 0 Å². The molecule has 2 aromatic heterocycles. The predicted octanol–water partition coefficient (Wildman–Crippen LogP) is 3.52. The van der Waals surface area contributed by atoms with Crippen LogP contribution in [0.4, 0.5) is 20.3 Å². The number of aliphatic hydroxyl groups is 1. The van der Waals surface area contributed by atoms with Gasteiger partial charge in [-0.25, -0.2) is 13.8 Å². The number of aliphatic hydroxyl groups excluding tert-OH is 1.